The minimum Gasteiger partial charge on any atom is -0.381 e. The molecular formula is C8H18N4O3S. The van der Waals surface area contributed by atoms with E-state index in [-0.39, 0.29) is 12.4 Å². The van der Waals surface area contributed by atoms with Crippen molar-refractivity contribution in [3.8, 4) is 0 Å². The van der Waals surface area contributed by atoms with Crippen molar-refractivity contribution in [1.29, 1.82) is 0 Å². The first-order chi connectivity index (χ1) is 7.62. The second kappa shape index (κ2) is 9.41. The molecule has 0 saturated heterocycles. The molecule has 0 aliphatic carbocycles. The SMILES string of the molecule is CCOCCS(=O)(=O)NCCCCN=[N+]=[N-]. The van der Waals surface area contributed by atoms with Gasteiger partial charge in [-0.25, -0.2) is 13.1 Å². The third-order valence-electron chi connectivity index (χ3n) is 1.77. The molecule has 0 atom stereocenters. The van der Waals surface area contributed by atoms with Gasteiger partial charge in [-0.1, -0.05) is 5.11 Å². The molecule has 0 radical (unpaired) electrons. The van der Waals surface area contributed by atoms with Gasteiger partial charge in [-0.15, -0.1) is 0 Å². The van der Waals surface area contributed by atoms with E-state index in [1.807, 2.05) is 6.92 Å². The van der Waals surface area contributed by atoms with Gasteiger partial charge in [-0.3, -0.25) is 0 Å². The molecule has 7 nitrogen and oxygen atoms in total. The first kappa shape index (κ1) is 15.2. The Morgan fingerprint density at radius 2 is 2.19 bits per heavy atom. The van der Waals surface area contributed by atoms with Gasteiger partial charge >= 0.3 is 0 Å². The highest BCUT2D eigenvalue weighted by molar-refractivity contribution is 7.89. The molecule has 8 heteroatoms. The summed E-state index contributed by atoms with van der Waals surface area (Å²) in [7, 11) is -3.23. The fourth-order valence-electron chi connectivity index (χ4n) is 0.965. The first-order valence-electron chi connectivity index (χ1n) is 5.18. The van der Waals surface area contributed by atoms with Gasteiger partial charge in [-0.05, 0) is 25.3 Å². The number of nitrogens with one attached hydrogen (secondary N) is 1. The van der Waals surface area contributed by atoms with E-state index in [0.29, 0.717) is 32.5 Å². The van der Waals surface area contributed by atoms with E-state index in [0.717, 1.165) is 0 Å². The van der Waals surface area contributed by atoms with Crippen molar-refractivity contribution in [2.24, 2.45) is 5.11 Å². The Hall–Kier alpha value is -0.820. The van der Waals surface area contributed by atoms with Crippen LogP contribution in [0.15, 0.2) is 5.11 Å². The van der Waals surface area contributed by atoms with Crippen molar-refractivity contribution in [2.45, 2.75) is 19.8 Å². The lowest BCUT2D eigenvalue weighted by Gasteiger charge is -2.05. The quantitative estimate of drug-likeness (QED) is 0.271. The van der Waals surface area contributed by atoms with Crippen LogP contribution in [0.25, 0.3) is 10.4 Å². The molecule has 1 N–H and O–H groups in total. The number of unbranched alkanes of at least 4 members (excludes halogenated alkanes) is 1. The highest BCUT2D eigenvalue weighted by atomic mass is 32.2. The van der Waals surface area contributed by atoms with Crippen LogP contribution in [0.2, 0.25) is 0 Å². The molecule has 16 heavy (non-hydrogen) atoms. The summed E-state index contributed by atoms with van der Waals surface area (Å²) in [5, 5.41) is 3.35. The smallest absolute Gasteiger partial charge is 0.213 e. The molecule has 0 amide bonds. The first-order valence-corrected chi connectivity index (χ1v) is 6.83. The van der Waals surface area contributed by atoms with Crippen molar-refractivity contribution in [3.63, 3.8) is 0 Å². The van der Waals surface area contributed by atoms with E-state index < -0.39 is 10.0 Å². The molecule has 94 valence electrons. The van der Waals surface area contributed by atoms with Crippen LogP contribution in [-0.2, 0) is 14.8 Å². The number of ether oxygens (including phenoxy) is 1. The zero-order valence-corrected chi connectivity index (χ0v) is 10.2. The molecule has 0 aromatic carbocycles. The number of hydrogen-bond donors (Lipinski definition) is 1. The van der Waals surface area contributed by atoms with Gasteiger partial charge < -0.3 is 4.74 Å². The van der Waals surface area contributed by atoms with E-state index in [2.05, 4.69) is 14.7 Å². The van der Waals surface area contributed by atoms with Crippen LogP contribution in [-0.4, -0.2) is 40.5 Å². The lowest BCUT2D eigenvalue weighted by Crippen LogP contribution is -2.29. The van der Waals surface area contributed by atoms with Crippen LogP contribution in [0, 0.1) is 0 Å². The maximum absolute atomic E-state index is 11.3. The van der Waals surface area contributed by atoms with Crippen molar-refractivity contribution < 1.29 is 13.2 Å². The number of rotatable bonds is 10. The summed E-state index contributed by atoms with van der Waals surface area (Å²) >= 11 is 0. The zero-order valence-electron chi connectivity index (χ0n) is 9.42. The predicted molar refractivity (Wildman–Crippen MR) is 61.5 cm³/mol. The number of azide groups is 1. The molecule has 0 fully saturated rings. The fourth-order valence-corrected chi connectivity index (χ4v) is 1.90. The largest absolute Gasteiger partial charge is 0.381 e. The Morgan fingerprint density at radius 3 is 2.81 bits per heavy atom. The minimum atomic E-state index is -3.23. The van der Waals surface area contributed by atoms with Gasteiger partial charge in [0.2, 0.25) is 10.0 Å². The fraction of sp³-hybridized carbons (Fsp3) is 1.00. The van der Waals surface area contributed by atoms with Crippen LogP contribution in [0.3, 0.4) is 0 Å². The van der Waals surface area contributed by atoms with Gasteiger partial charge in [-0.2, -0.15) is 0 Å². The number of hydrogen-bond acceptors (Lipinski definition) is 4. The molecule has 0 heterocycles. The van der Waals surface area contributed by atoms with Crippen molar-refractivity contribution >= 4 is 10.0 Å². The highest BCUT2D eigenvalue weighted by Crippen LogP contribution is 1.91. The summed E-state index contributed by atoms with van der Waals surface area (Å²) < 4.78 is 30.0. The Bertz CT molecular complexity index is 311. The number of sulfonamides is 1. The van der Waals surface area contributed by atoms with Crippen LogP contribution in [0.1, 0.15) is 19.8 Å². The third kappa shape index (κ3) is 9.72. The van der Waals surface area contributed by atoms with E-state index in [9.17, 15) is 8.42 Å². The molecule has 0 aromatic heterocycles. The Labute approximate surface area is 95.9 Å². The molecule has 0 rings (SSSR count). The van der Waals surface area contributed by atoms with Gasteiger partial charge in [0, 0.05) is 24.6 Å². The molecule has 0 aliphatic rings. The highest BCUT2D eigenvalue weighted by Gasteiger charge is 2.08. The van der Waals surface area contributed by atoms with Crippen LogP contribution < -0.4 is 4.72 Å². The molecule has 0 aliphatic heterocycles. The van der Waals surface area contributed by atoms with E-state index in [4.69, 9.17) is 10.3 Å². The number of nitrogens with zero attached hydrogens (tertiary/aromatic N) is 3. The Balaban J connectivity index is 3.54. The van der Waals surface area contributed by atoms with E-state index in [1.165, 1.54) is 0 Å². The summed E-state index contributed by atoms with van der Waals surface area (Å²) in [6.45, 7) is 3.31. The van der Waals surface area contributed by atoms with E-state index in [1.54, 1.807) is 0 Å². The summed E-state index contributed by atoms with van der Waals surface area (Å²) in [5.74, 6) is -0.0167. The van der Waals surface area contributed by atoms with Crippen LogP contribution in [0.4, 0.5) is 0 Å². The standard InChI is InChI=1S/C8H18N4O3S/c1-2-15-7-8-16(13,14)11-6-4-3-5-10-12-9/h11H,2-8H2,1H3. The summed E-state index contributed by atoms with van der Waals surface area (Å²) in [6.07, 6.45) is 1.34. The average molecular weight is 250 g/mol. The summed E-state index contributed by atoms with van der Waals surface area (Å²) in [4.78, 5) is 2.60. The lowest BCUT2D eigenvalue weighted by molar-refractivity contribution is 0.163. The van der Waals surface area contributed by atoms with Gasteiger partial charge in [0.15, 0.2) is 0 Å². The predicted octanol–water partition coefficient (Wildman–Crippen LogP) is 1.03. The normalized spacial score (nSPS) is 11.1. The van der Waals surface area contributed by atoms with Crippen LogP contribution >= 0.6 is 0 Å². The summed E-state index contributed by atoms with van der Waals surface area (Å²) in [5.41, 5.74) is 8.01. The summed E-state index contributed by atoms with van der Waals surface area (Å²) in [6, 6.07) is 0. The van der Waals surface area contributed by atoms with E-state index >= 15 is 0 Å². The topological polar surface area (TPSA) is 104 Å². The molecule has 0 aromatic rings. The van der Waals surface area contributed by atoms with Crippen molar-refractivity contribution in [1.82, 2.24) is 4.72 Å². The minimum absolute atomic E-state index is 0.0167. The second-order valence-electron chi connectivity index (χ2n) is 3.07. The molecular weight excluding hydrogens is 232 g/mol. The molecule has 0 spiro atoms. The van der Waals surface area contributed by atoms with Crippen molar-refractivity contribution in [2.75, 3.05) is 32.1 Å². The van der Waals surface area contributed by atoms with Crippen LogP contribution in [0.5, 0.6) is 0 Å². The maximum atomic E-state index is 11.3. The molecule has 0 bridgehead atoms. The average Bonchev–Trinajstić information content (AvgIpc) is 2.23. The maximum Gasteiger partial charge on any atom is 0.213 e. The van der Waals surface area contributed by atoms with Gasteiger partial charge in [0.25, 0.3) is 0 Å². The zero-order chi connectivity index (χ0) is 12.3. The van der Waals surface area contributed by atoms with Crippen molar-refractivity contribution in [3.05, 3.63) is 10.4 Å². The lowest BCUT2D eigenvalue weighted by atomic mass is 10.3. The second-order valence-corrected chi connectivity index (χ2v) is 5.00. The Kier molecular flexibility index (Phi) is 8.93. The third-order valence-corrected chi connectivity index (χ3v) is 3.12. The Morgan fingerprint density at radius 1 is 1.44 bits per heavy atom. The monoisotopic (exact) mass is 250 g/mol. The molecule has 0 saturated carbocycles. The van der Waals surface area contributed by atoms with Gasteiger partial charge in [0.05, 0.1) is 12.4 Å². The van der Waals surface area contributed by atoms with Gasteiger partial charge in [0.1, 0.15) is 0 Å². The molecule has 0 unspecified atom stereocenters.